The average molecular weight is 324 g/mol. The molecule has 0 fully saturated rings. The van der Waals surface area contributed by atoms with Gasteiger partial charge in [0.25, 0.3) is 0 Å². The molecule has 0 saturated heterocycles. The van der Waals surface area contributed by atoms with Gasteiger partial charge in [-0.2, -0.15) is 4.39 Å². The second-order valence-electron chi connectivity index (χ2n) is 3.50. The van der Waals surface area contributed by atoms with Gasteiger partial charge in [-0.3, -0.25) is 4.79 Å². The second-order valence-corrected chi connectivity index (χ2v) is 4.42. The molecule has 0 bridgehead atoms. The molecule has 4 heteroatoms. The summed E-state index contributed by atoms with van der Waals surface area (Å²) in [6.07, 6.45) is 1.34. The number of pyridine rings is 1. The fraction of sp³-hybridized carbons (Fsp3) is 0.200. The maximum Gasteiger partial charge on any atom is 0.213 e. The van der Waals surface area contributed by atoms with Crippen molar-refractivity contribution in [1.82, 2.24) is 4.98 Å². The zero-order valence-electron chi connectivity index (χ0n) is 10.8. The lowest BCUT2D eigenvalue weighted by Gasteiger charge is -2.08. The third-order valence-electron chi connectivity index (χ3n) is 2.33. The van der Waals surface area contributed by atoms with Crippen LogP contribution in [0.2, 0.25) is 0 Å². The summed E-state index contributed by atoms with van der Waals surface area (Å²) >= 11 is 3.28. The Kier molecular flexibility index (Phi) is 6.36. The Balaban J connectivity index is 0.000000861. The van der Waals surface area contributed by atoms with Crippen molar-refractivity contribution in [3.63, 3.8) is 0 Å². The zero-order valence-corrected chi connectivity index (χ0v) is 12.4. The standard InChI is InChI=1S/C13H9BrFNO.C2H6/c14-12(10-6-7-16-11(15)8-10)13(17)9-4-2-1-3-5-9;1-2/h1-8,12H;1-2H3. The Morgan fingerprint density at radius 3 is 2.42 bits per heavy atom. The number of carbonyl (C=O) groups excluding carboxylic acids is 1. The first-order chi connectivity index (χ1) is 9.18. The predicted molar refractivity (Wildman–Crippen MR) is 78.0 cm³/mol. The lowest BCUT2D eigenvalue weighted by Crippen LogP contribution is -2.07. The van der Waals surface area contributed by atoms with E-state index >= 15 is 0 Å². The van der Waals surface area contributed by atoms with Crippen LogP contribution in [-0.4, -0.2) is 10.8 Å². The molecule has 0 amide bonds. The molecule has 100 valence electrons. The van der Waals surface area contributed by atoms with Crippen molar-refractivity contribution in [3.8, 4) is 0 Å². The summed E-state index contributed by atoms with van der Waals surface area (Å²) in [6, 6.07) is 11.7. The van der Waals surface area contributed by atoms with E-state index in [1.807, 2.05) is 19.9 Å². The van der Waals surface area contributed by atoms with E-state index in [9.17, 15) is 9.18 Å². The quantitative estimate of drug-likeness (QED) is 0.470. The predicted octanol–water partition coefficient (Wildman–Crippen LogP) is 4.57. The van der Waals surface area contributed by atoms with Gasteiger partial charge in [0.1, 0.15) is 4.83 Å². The van der Waals surface area contributed by atoms with Crippen molar-refractivity contribution in [3.05, 3.63) is 65.7 Å². The number of alkyl halides is 1. The molecule has 1 atom stereocenters. The molecule has 0 spiro atoms. The van der Waals surface area contributed by atoms with E-state index in [1.165, 1.54) is 12.3 Å². The van der Waals surface area contributed by atoms with Crippen LogP contribution < -0.4 is 0 Å². The zero-order chi connectivity index (χ0) is 14.3. The molecule has 1 aromatic carbocycles. The topological polar surface area (TPSA) is 30.0 Å². The van der Waals surface area contributed by atoms with Crippen LogP contribution in [-0.2, 0) is 0 Å². The summed E-state index contributed by atoms with van der Waals surface area (Å²) < 4.78 is 13.0. The maximum absolute atomic E-state index is 13.0. The summed E-state index contributed by atoms with van der Waals surface area (Å²) in [4.78, 5) is 15.0. The first-order valence-electron chi connectivity index (χ1n) is 6.03. The van der Waals surface area contributed by atoms with E-state index in [4.69, 9.17) is 0 Å². The van der Waals surface area contributed by atoms with Crippen molar-refractivity contribution in [2.75, 3.05) is 0 Å². The van der Waals surface area contributed by atoms with Gasteiger partial charge in [-0.25, -0.2) is 4.98 Å². The normalized spacial score (nSPS) is 11.2. The van der Waals surface area contributed by atoms with Gasteiger partial charge in [-0.15, -0.1) is 0 Å². The smallest absolute Gasteiger partial charge is 0.213 e. The van der Waals surface area contributed by atoms with Gasteiger partial charge < -0.3 is 0 Å². The van der Waals surface area contributed by atoms with Crippen LogP contribution in [0.1, 0.15) is 34.6 Å². The molecule has 1 aromatic heterocycles. The van der Waals surface area contributed by atoms with Gasteiger partial charge >= 0.3 is 0 Å². The molecular formula is C15H15BrFNO. The van der Waals surface area contributed by atoms with Crippen molar-refractivity contribution in [2.45, 2.75) is 18.7 Å². The van der Waals surface area contributed by atoms with Crippen LogP contribution in [0.4, 0.5) is 4.39 Å². The molecule has 2 nitrogen and oxygen atoms in total. The van der Waals surface area contributed by atoms with E-state index in [2.05, 4.69) is 20.9 Å². The molecule has 0 aliphatic rings. The van der Waals surface area contributed by atoms with E-state index in [-0.39, 0.29) is 5.78 Å². The van der Waals surface area contributed by atoms with Crippen molar-refractivity contribution < 1.29 is 9.18 Å². The number of rotatable bonds is 3. The number of benzene rings is 1. The van der Waals surface area contributed by atoms with Crippen molar-refractivity contribution in [2.24, 2.45) is 0 Å². The Bertz CT molecular complexity index is 531. The molecule has 0 N–H and O–H groups in total. The van der Waals surface area contributed by atoms with Crippen LogP contribution in [0, 0.1) is 5.95 Å². The number of hydrogen-bond donors (Lipinski definition) is 0. The van der Waals surface area contributed by atoms with Crippen LogP contribution in [0.5, 0.6) is 0 Å². The lowest BCUT2D eigenvalue weighted by atomic mass is 10.0. The van der Waals surface area contributed by atoms with E-state index in [0.717, 1.165) is 0 Å². The Morgan fingerprint density at radius 2 is 1.84 bits per heavy atom. The fourth-order valence-electron chi connectivity index (χ4n) is 1.48. The number of aromatic nitrogens is 1. The third-order valence-corrected chi connectivity index (χ3v) is 3.28. The van der Waals surface area contributed by atoms with Crippen LogP contribution in [0.15, 0.2) is 48.7 Å². The van der Waals surface area contributed by atoms with E-state index < -0.39 is 10.8 Å². The van der Waals surface area contributed by atoms with Gasteiger partial charge in [0, 0.05) is 11.8 Å². The van der Waals surface area contributed by atoms with Crippen LogP contribution in [0.3, 0.4) is 0 Å². The molecule has 1 unspecified atom stereocenters. The summed E-state index contributed by atoms with van der Waals surface area (Å²) in [6.45, 7) is 4.00. The molecule has 0 saturated carbocycles. The minimum absolute atomic E-state index is 0.101. The van der Waals surface area contributed by atoms with E-state index in [0.29, 0.717) is 11.1 Å². The summed E-state index contributed by atoms with van der Waals surface area (Å²) in [5.74, 6) is -0.691. The largest absolute Gasteiger partial charge is 0.293 e. The third kappa shape index (κ3) is 4.24. The van der Waals surface area contributed by atoms with Gasteiger partial charge in [-0.1, -0.05) is 60.1 Å². The van der Waals surface area contributed by atoms with Gasteiger partial charge in [0.15, 0.2) is 5.78 Å². The Labute approximate surface area is 120 Å². The SMILES string of the molecule is CC.O=C(c1ccccc1)C(Br)c1ccnc(F)c1. The molecular weight excluding hydrogens is 309 g/mol. The number of ketones is 1. The fourth-order valence-corrected chi connectivity index (χ4v) is 2.02. The number of hydrogen-bond acceptors (Lipinski definition) is 2. The highest BCUT2D eigenvalue weighted by molar-refractivity contribution is 9.09. The Hall–Kier alpha value is -1.55. The highest BCUT2D eigenvalue weighted by atomic mass is 79.9. The maximum atomic E-state index is 13.0. The first kappa shape index (κ1) is 15.5. The first-order valence-corrected chi connectivity index (χ1v) is 6.95. The van der Waals surface area contributed by atoms with Crippen molar-refractivity contribution in [1.29, 1.82) is 0 Å². The molecule has 0 radical (unpaired) electrons. The minimum Gasteiger partial charge on any atom is -0.293 e. The lowest BCUT2D eigenvalue weighted by molar-refractivity contribution is 0.0991. The Morgan fingerprint density at radius 1 is 1.21 bits per heavy atom. The molecule has 1 heterocycles. The summed E-state index contributed by atoms with van der Waals surface area (Å²) in [5.41, 5.74) is 1.15. The molecule has 0 aliphatic heterocycles. The number of carbonyl (C=O) groups is 1. The molecule has 19 heavy (non-hydrogen) atoms. The van der Waals surface area contributed by atoms with Gasteiger partial charge in [0.05, 0.1) is 0 Å². The van der Waals surface area contributed by atoms with Crippen LogP contribution >= 0.6 is 15.9 Å². The average Bonchev–Trinajstić information content (AvgIpc) is 2.48. The van der Waals surface area contributed by atoms with Gasteiger partial charge in [-0.05, 0) is 17.7 Å². The van der Waals surface area contributed by atoms with Crippen LogP contribution in [0.25, 0.3) is 0 Å². The highest BCUT2D eigenvalue weighted by Crippen LogP contribution is 2.26. The monoisotopic (exact) mass is 323 g/mol. The summed E-state index contributed by atoms with van der Waals surface area (Å²) in [5, 5.41) is 0. The minimum atomic E-state index is -0.590. The molecule has 2 aromatic rings. The molecule has 2 rings (SSSR count). The number of nitrogens with zero attached hydrogens (tertiary/aromatic N) is 1. The van der Waals surface area contributed by atoms with Crippen molar-refractivity contribution >= 4 is 21.7 Å². The summed E-state index contributed by atoms with van der Waals surface area (Å²) in [7, 11) is 0. The van der Waals surface area contributed by atoms with E-state index in [1.54, 1.807) is 30.3 Å². The molecule has 0 aliphatic carbocycles. The number of Topliss-reactive ketones (excluding diaryl/α,β-unsaturated/α-hetero) is 1. The number of halogens is 2. The van der Waals surface area contributed by atoms with Gasteiger partial charge in [0.2, 0.25) is 5.95 Å². The highest BCUT2D eigenvalue weighted by Gasteiger charge is 2.19. The second kappa shape index (κ2) is 7.79.